The average Bonchev–Trinajstić information content (AvgIpc) is 2.86. The summed E-state index contributed by atoms with van der Waals surface area (Å²) in [5.41, 5.74) is 7.43. The van der Waals surface area contributed by atoms with Crippen molar-refractivity contribution in [1.82, 2.24) is 9.55 Å². The molecule has 1 heterocycles. The first kappa shape index (κ1) is 15.6. The summed E-state index contributed by atoms with van der Waals surface area (Å²) in [4.78, 5) is 4.39. The fourth-order valence-corrected chi connectivity index (χ4v) is 2.34. The van der Waals surface area contributed by atoms with Crippen LogP contribution in [0.5, 0.6) is 5.75 Å². The molecule has 0 saturated heterocycles. The van der Waals surface area contributed by atoms with Crippen LogP contribution in [0.25, 0.3) is 0 Å². The molecular formula is C17H25N3O. The summed E-state index contributed by atoms with van der Waals surface area (Å²) in [6.07, 6.45) is 6.11. The lowest BCUT2D eigenvalue weighted by Crippen LogP contribution is -2.18. The van der Waals surface area contributed by atoms with E-state index in [0.29, 0.717) is 0 Å². The van der Waals surface area contributed by atoms with Crippen molar-refractivity contribution in [3.63, 3.8) is 0 Å². The molecule has 2 aromatic rings. The molecule has 0 bridgehead atoms. The van der Waals surface area contributed by atoms with Gasteiger partial charge in [-0.1, -0.05) is 19.1 Å². The molecule has 1 atom stereocenters. The Balaban J connectivity index is 2.02. The number of hydrogen-bond donors (Lipinski definition) is 1. The van der Waals surface area contributed by atoms with Gasteiger partial charge >= 0.3 is 0 Å². The zero-order valence-electron chi connectivity index (χ0n) is 13.1. The molecule has 114 valence electrons. The van der Waals surface area contributed by atoms with Gasteiger partial charge in [-0.05, 0) is 38.0 Å². The minimum Gasteiger partial charge on any atom is -0.491 e. The van der Waals surface area contributed by atoms with Gasteiger partial charge in [-0.3, -0.25) is 0 Å². The van der Waals surface area contributed by atoms with Gasteiger partial charge in [0.25, 0.3) is 0 Å². The number of nitrogens with zero attached hydrogens (tertiary/aromatic N) is 2. The van der Waals surface area contributed by atoms with Crippen LogP contribution in [0, 0.1) is 0 Å². The van der Waals surface area contributed by atoms with Crippen LogP contribution < -0.4 is 10.5 Å². The van der Waals surface area contributed by atoms with Crippen LogP contribution in [0.4, 0.5) is 0 Å². The lowest BCUT2D eigenvalue weighted by Gasteiger charge is -2.16. The Morgan fingerprint density at radius 3 is 2.57 bits per heavy atom. The molecule has 4 nitrogen and oxygen atoms in total. The Kier molecular flexibility index (Phi) is 5.39. The molecule has 21 heavy (non-hydrogen) atoms. The maximum Gasteiger partial charge on any atom is 0.119 e. The molecule has 0 radical (unpaired) electrons. The van der Waals surface area contributed by atoms with E-state index in [-0.39, 0.29) is 12.1 Å². The first-order chi connectivity index (χ1) is 10.1. The molecule has 0 saturated carbocycles. The number of nitrogens with two attached hydrogens (primary N) is 1. The number of ether oxygens (including phenoxy) is 1. The molecule has 0 aliphatic heterocycles. The normalized spacial score (nSPS) is 12.6. The van der Waals surface area contributed by atoms with E-state index in [0.717, 1.165) is 36.5 Å². The van der Waals surface area contributed by atoms with Gasteiger partial charge in [-0.25, -0.2) is 4.98 Å². The van der Waals surface area contributed by atoms with Crippen LogP contribution in [-0.2, 0) is 13.0 Å². The van der Waals surface area contributed by atoms with E-state index in [2.05, 4.69) is 16.5 Å². The highest BCUT2D eigenvalue weighted by atomic mass is 16.5. The first-order valence-corrected chi connectivity index (χ1v) is 7.62. The number of benzene rings is 1. The molecule has 0 spiro atoms. The van der Waals surface area contributed by atoms with Crippen LogP contribution in [0.15, 0.2) is 36.7 Å². The van der Waals surface area contributed by atoms with Gasteiger partial charge in [0.15, 0.2) is 0 Å². The van der Waals surface area contributed by atoms with E-state index in [9.17, 15) is 0 Å². The van der Waals surface area contributed by atoms with Crippen molar-refractivity contribution in [2.24, 2.45) is 5.73 Å². The van der Waals surface area contributed by atoms with Crippen LogP contribution >= 0.6 is 0 Å². The Labute approximate surface area is 127 Å². The zero-order valence-corrected chi connectivity index (χ0v) is 13.1. The van der Waals surface area contributed by atoms with Crippen LogP contribution in [0.1, 0.15) is 44.6 Å². The SMILES string of the molecule is CCCc1nccn1CC(N)c1ccc(OC(C)C)cc1. The highest BCUT2D eigenvalue weighted by molar-refractivity contribution is 5.29. The number of rotatable bonds is 7. The maximum absolute atomic E-state index is 6.31. The molecular weight excluding hydrogens is 262 g/mol. The summed E-state index contributed by atoms with van der Waals surface area (Å²) in [6, 6.07) is 8.01. The topological polar surface area (TPSA) is 53.1 Å². The lowest BCUT2D eigenvalue weighted by molar-refractivity contribution is 0.242. The predicted octanol–water partition coefficient (Wildman–Crippen LogP) is 3.32. The summed E-state index contributed by atoms with van der Waals surface area (Å²) in [6.45, 7) is 6.95. The highest BCUT2D eigenvalue weighted by Crippen LogP contribution is 2.19. The van der Waals surface area contributed by atoms with E-state index in [4.69, 9.17) is 10.5 Å². The predicted molar refractivity (Wildman–Crippen MR) is 85.4 cm³/mol. The number of imidazole rings is 1. The van der Waals surface area contributed by atoms with E-state index in [1.807, 2.05) is 50.5 Å². The Morgan fingerprint density at radius 1 is 1.24 bits per heavy atom. The van der Waals surface area contributed by atoms with Gasteiger partial charge in [0.2, 0.25) is 0 Å². The summed E-state index contributed by atoms with van der Waals surface area (Å²) >= 11 is 0. The summed E-state index contributed by atoms with van der Waals surface area (Å²) < 4.78 is 7.80. The van der Waals surface area contributed by atoms with Crippen molar-refractivity contribution < 1.29 is 4.74 Å². The number of hydrogen-bond acceptors (Lipinski definition) is 3. The third kappa shape index (κ3) is 4.33. The Morgan fingerprint density at radius 2 is 1.95 bits per heavy atom. The third-order valence-electron chi connectivity index (χ3n) is 3.35. The second kappa shape index (κ2) is 7.27. The van der Waals surface area contributed by atoms with E-state index >= 15 is 0 Å². The lowest BCUT2D eigenvalue weighted by atomic mass is 10.1. The van der Waals surface area contributed by atoms with Gasteiger partial charge < -0.3 is 15.0 Å². The molecule has 0 fully saturated rings. The van der Waals surface area contributed by atoms with Gasteiger partial charge in [0, 0.05) is 31.4 Å². The molecule has 0 aliphatic carbocycles. The Bertz CT molecular complexity index is 545. The van der Waals surface area contributed by atoms with Crippen molar-refractivity contribution in [2.75, 3.05) is 0 Å². The van der Waals surface area contributed by atoms with Crippen LogP contribution in [-0.4, -0.2) is 15.7 Å². The van der Waals surface area contributed by atoms with Crippen molar-refractivity contribution in [3.8, 4) is 5.75 Å². The van der Waals surface area contributed by atoms with Crippen LogP contribution in [0.3, 0.4) is 0 Å². The molecule has 0 aliphatic rings. The van der Waals surface area contributed by atoms with Gasteiger partial charge in [0.1, 0.15) is 11.6 Å². The third-order valence-corrected chi connectivity index (χ3v) is 3.35. The maximum atomic E-state index is 6.31. The standard InChI is InChI=1S/C17H25N3O/c1-4-5-17-19-10-11-20(17)12-16(18)14-6-8-15(9-7-14)21-13(2)3/h6-11,13,16H,4-5,12,18H2,1-3H3. The Hall–Kier alpha value is -1.81. The zero-order chi connectivity index (χ0) is 15.2. The van der Waals surface area contributed by atoms with E-state index in [1.165, 1.54) is 0 Å². The monoisotopic (exact) mass is 287 g/mol. The van der Waals surface area contributed by atoms with Crippen molar-refractivity contribution >= 4 is 0 Å². The van der Waals surface area contributed by atoms with Crippen LogP contribution in [0.2, 0.25) is 0 Å². The van der Waals surface area contributed by atoms with Gasteiger partial charge in [-0.2, -0.15) is 0 Å². The fraction of sp³-hybridized carbons (Fsp3) is 0.471. The number of aryl methyl sites for hydroxylation is 1. The summed E-state index contributed by atoms with van der Waals surface area (Å²) in [7, 11) is 0. The first-order valence-electron chi connectivity index (χ1n) is 7.62. The van der Waals surface area contributed by atoms with Crippen molar-refractivity contribution in [3.05, 3.63) is 48.0 Å². The molecule has 4 heteroatoms. The smallest absolute Gasteiger partial charge is 0.119 e. The van der Waals surface area contributed by atoms with Gasteiger partial charge in [-0.15, -0.1) is 0 Å². The van der Waals surface area contributed by atoms with E-state index < -0.39 is 0 Å². The fourth-order valence-electron chi connectivity index (χ4n) is 2.34. The summed E-state index contributed by atoms with van der Waals surface area (Å²) in [5.74, 6) is 1.99. The number of aromatic nitrogens is 2. The molecule has 2 rings (SSSR count). The molecule has 0 amide bonds. The highest BCUT2D eigenvalue weighted by Gasteiger charge is 2.10. The van der Waals surface area contributed by atoms with E-state index in [1.54, 1.807) is 0 Å². The second-order valence-corrected chi connectivity index (χ2v) is 5.59. The molecule has 1 unspecified atom stereocenters. The minimum atomic E-state index is -0.0390. The molecule has 1 aromatic carbocycles. The van der Waals surface area contributed by atoms with Gasteiger partial charge in [0.05, 0.1) is 6.10 Å². The largest absolute Gasteiger partial charge is 0.491 e. The quantitative estimate of drug-likeness (QED) is 0.850. The average molecular weight is 287 g/mol. The summed E-state index contributed by atoms with van der Waals surface area (Å²) in [5, 5.41) is 0. The van der Waals surface area contributed by atoms with Crippen molar-refractivity contribution in [1.29, 1.82) is 0 Å². The minimum absolute atomic E-state index is 0.0390. The van der Waals surface area contributed by atoms with Crippen molar-refractivity contribution in [2.45, 2.75) is 52.3 Å². The molecule has 1 aromatic heterocycles. The molecule has 2 N–H and O–H groups in total. The second-order valence-electron chi connectivity index (χ2n) is 5.59.